The molecule has 0 aliphatic carbocycles. The van der Waals surface area contributed by atoms with Crippen LogP contribution in [0.25, 0.3) is 0 Å². The largest absolute Gasteiger partial charge is 0.352 e. The number of amides is 2. The quantitative estimate of drug-likeness (QED) is 0.837. The van der Waals surface area contributed by atoms with E-state index in [1.807, 2.05) is 4.90 Å². The molecule has 3 rings (SSSR count). The van der Waals surface area contributed by atoms with Crippen molar-refractivity contribution < 1.29 is 14.0 Å². The molecule has 2 fully saturated rings. The van der Waals surface area contributed by atoms with Crippen LogP contribution in [0.1, 0.15) is 31.2 Å². The summed E-state index contributed by atoms with van der Waals surface area (Å²) in [6.45, 7) is 3.50. The lowest BCUT2D eigenvalue weighted by molar-refractivity contribution is -0.139. The van der Waals surface area contributed by atoms with E-state index in [-0.39, 0.29) is 41.9 Å². The van der Waals surface area contributed by atoms with Crippen molar-refractivity contribution in [1.29, 1.82) is 0 Å². The molecule has 1 aromatic rings. The first-order chi connectivity index (χ1) is 12.1. The predicted octanol–water partition coefficient (Wildman–Crippen LogP) is 2.10. The molecule has 2 saturated heterocycles. The Morgan fingerprint density at radius 2 is 1.81 bits per heavy atom. The molecule has 0 bridgehead atoms. The van der Waals surface area contributed by atoms with E-state index in [1.54, 1.807) is 12.1 Å². The van der Waals surface area contributed by atoms with Crippen LogP contribution in [-0.2, 0) is 16.1 Å². The highest BCUT2D eigenvalue weighted by molar-refractivity contribution is 5.85. The molecule has 1 atom stereocenters. The lowest BCUT2D eigenvalue weighted by Crippen LogP contribution is -2.47. The summed E-state index contributed by atoms with van der Waals surface area (Å²) in [5.41, 5.74) is 0.882. The maximum atomic E-state index is 12.9. The average molecular weight is 384 g/mol. The van der Waals surface area contributed by atoms with Crippen LogP contribution in [-0.4, -0.2) is 42.9 Å². The van der Waals surface area contributed by atoms with Gasteiger partial charge in [0.15, 0.2) is 0 Å². The zero-order valence-electron chi connectivity index (χ0n) is 14.9. The third-order valence-corrected chi connectivity index (χ3v) is 5.20. The number of benzene rings is 1. The number of likely N-dealkylation sites (tertiary alicyclic amines) is 1. The Labute approximate surface area is 160 Å². The molecule has 2 N–H and O–H groups in total. The molecular formula is C19H27ClFN3O2. The summed E-state index contributed by atoms with van der Waals surface area (Å²) in [5.74, 6) is 0.0278. The Bertz CT molecular complexity index is 597. The van der Waals surface area contributed by atoms with Gasteiger partial charge in [-0.3, -0.25) is 9.59 Å². The molecule has 0 saturated carbocycles. The normalized spacial score (nSPS) is 21.0. The number of rotatable bonds is 4. The van der Waals surface area contributed by atoms with Crippen molar-refractivity contribution in [1.82, 2.24) is 15.5 Å². The Morgan fingerprint density at radius 1 is 1.12 bits per heavy atom. The fourth-order valence-electron chi connectivity index (χ4n) is 3.62. The third kappa shape index (κ3) is 5.42. The minimum atomic E-state index is -0.278. The number of hydrogen-bond donors (Lipinski definition) is 2. The van der Waals surface area contributed by atoms with E-state index >= 15 is 0 Å². The molecule has 2 aliphatic heterocycles. The van der Waals surface area contributed by atoms with Crippen LogP contribution in [0.5, 0.6) is 0 Å². The molecule has 7 heteroatoms. The Balaban J connectivity index is 0.00000243. The lowest BCUT2D eigenvalue weighted by atomic mass is 9.93. The minimum absolute atomic E-state index is 0. The first-order valence-electron chi connectivity index (χ1n) is 9.15. The summed E-state index contributed by atoms with van der Waals surface area (Å²) >= 11 is 0. The highest BCUT2D eigenvalue weighted by Crippen LogP contribution is 2.21. The predicted molar refractivity (Wildman–Crippen MR) is 100 cm³/mol. The van der Waals surface area contributed by atoms with Crippen LogP contribution in [0.2, 0.25) is 0 Å². The second-order valence-corrected chi connectivity index (χ2v) is 6.99. The molecular weight excluding hydrogens is 357 g/mol. The molecule has 0 spiro atoms. The van der Waals surface area contributed by atoms with Gasteiger partial charge in [-0.2, -0.15) is 0 Å². The average Bonchev–Trinajstić information content (AvgIpc) is 2.67. The smallest absolute Gasteiger partial charge is 0.226 e. The van der Waals surface area contributed by atoms with Crippen molar-refractivity contribution in [2.75, 3.05) is 26.2 Å². The van der Waals surface area contributed by atoms with Crippen molar-refractivity contribution in [3.8, 4) is 0 Å². The van der Waals surface area contributed by atoms with Gasteiger partial charge in [0, 0.05) is 32.1 Å². The van der Waals surface area contributed by atoms with E-state index in [2.05, 4.69) is 10.6 Å². The van der Waals surface area contributed by atoms with Crippen LogP contribution >= 0.6 is 12.4 Å². The van der Waals surface area contributed by atoms with Gasteiger partial charge >= 0.3 is 0 Å². The van der Waals surface area contributed by atoms with E-state index in [0.29, 0.717) is 32.5 Å². The number of hydrogen-bond acceptors (Lipinski definition) is 3. The molecule has 2 aliphatic rings. The Morgan fingerprint density at radius 3 is 2.42 bits per heavy atom. The summed E-state index contributed by atoms with van der Waals surface area (Å²) in [6, 6.07) is 6.14. The maximum absolute atomic E-state index is 12.9. The molecule has 2 heterocycles. The number of nitrogens with one attached hydrogen (secondary N) is 2. The molecule has 144 valence electrons. The van der Waals surface area contributed by atoms with Crippen LogP contribution in [0, 0.1) is 17.7 Å². The second kappa shape index (κ2) is 9.88. The summed E-state index contributed by atoms with van der Waals surface area (Å²) in [6.07, 6.45) is 3.44. The van der Waals surface area contributed by atoms with Gasteiger partial charge in [-0.15, -0.1) is 12.4 Å². The number of halogens is 2. The number of piperidine rings is 2. The third-order valence-electron chi connectivity index (χ3n) is 5.20. The van der Waals surface area contributed by atoms with E-state index in [4.69, 9.17) is 0 Å². The van der Waals surface area contributed by atoms with E-state index in [9.17, 15) is 14.0 Å². The number of nitrogens with zero attached hydrogens (tertiary/aromatic N) is 1. The molecule has 5 nitrogen and oxygen atoms in total. The molecule has 1 aromatic carbocycles. The van der Waals surface area contributed by atoms with Gasteiger partial charge in [0.1, 0.15) is 5.82 Å². The van der Waals surface area contributed by atoms with Crippen LogP contribution in [0.4, 0.5) is 4.39 Å². The summed E-state index contributed by atoms with van der Waals surface area (Å²) in [7, 11) is 0. The molecule has 0 aromatic heterocycles. The zero-order valence-corrected chi connectivity index (χ0v) is 15.7. The van der Waals surface area contributed by atoms with Crippen molar-refractivity contribution in [2.24, 2.45) is 11.8 Å². The van der Waals surface area contributed by atoms with E-state index < -0.39 is 0 Å². The standard InChI is InChI=1S/C19H26FN3O2.ClH/c20-17-5-3-14(4-6-17)12-22-18(24)15-7-10-23(11-8-15)19(25)16-2-1-9-21-13-16;/h3-6,15-16,21H,1-2,7-13H2,(H,22,24);1H. The molecule has 1 unspecified atom stereocenters. The van der Waals surface area contributed by atoms with E-state index in [1.165, 1.54) is 12.1 Å². The van der Waals surface area contributed by atoms with Gasteiger partial charge in [0.05, 0.1) is 5.92 Å². The fourth-order valence-corrected chi connectivity index (χ4v) is 3.62. The molecule has 2 amide bonds. The van der Waals surface area contributed by atoms with Gasteiger partial charge in [0.2, 0.25) is 11.8 Å². The van der Waals surface area contributed by atoms with Crippen molar-refractivity contribution in [2.45, 2.75) is 32.2 Å². The summed E-state index contributed by atoms with van der Waals surface area (Å²) < 4.78 is 12.9. The van der Waals surface area contributed by atoms with Crippen molar-refractivity contribution >= 4 is 24.2 Å². The zero-order chi connectivity index (χ0) is 17.6. The summed E-state index contributed by atoms with van der Waals surface area (Å²) in [5, 5.41) is 6.20. The highest BCUT2D eigenvalue weighted by atomic mass is 35.5. The monoisotopic (exact) mass is 383 g/mol. The Hall–Kier alpha value is -1.66. The fraction of sp³-hybridized carbons (Fsp3) is 0.579. The Kier molecular flexibility index (Phi) is 7.85. The van der Waals surface area contributed by atoms with Crippen molar-refractivity contribution in [3.05, 3.63) is 35.6 Å². The summed E-state index contributed by atoms with van der Waals surface area (Å²) in [4.78, 5) is 26.8. The van der Waals surface area contributed by atoms with Gasteiger partial charge in [-0.05, 0) is 49.9 Å². The lowest BCUT2D eigenvalue weighted by Gasteiger charge is -2.34. The van der Waals surface area contributed by atoms with Gasteiger partial charge in [-0.25, -0.2) is 4.39 Å². The number of carbonyl (C=O) groups excluding carboxylic acids is 2. The topological polar surface area (TPSA) is 61.4 Å². The number of carbonyl (C=O) groups is 2. The first kappa shape index (κ1) is 20.6. The first-order valence-corrected chi connectivity index (χ1v) is 9.15. The van der Waals surface area contributed by atoms with Gasteiger partial charge < -0.3 is 15.5 Å². The highest BCUT2D eigenvalue weighted by Gasteiger charge is 2.31. The minimum Gasteiger partial charge on any atom is -0.352 e. The SMILES string of the molecule is Cl.O=C(NCc1ccc(F)cc1)C1CCN(C(=O)C2CCCNC2)CC1. The van der Waals surface area contributed by atoms with Crippen molar-refractivity contribution in [3.63, 3.8) is 0 Å². The van der Waals surface area contributed by atoms with Gasteiger partial charge in [0.25, 0.3) is 0 Å². The van der Waals surface area contributed by atoms with Crippen LogP contribution in [0.15, 0.2) is 24.3 Å². The molecule has 0 radical (unpaired) electrons. The van der Waals surface area contributed by atoms with E-state index in [0.717, 1.165) is 31.5 Å². The molecule has 26 heavy (non-hydrogen) atoms. The maximum Gasteiger partial charge on any atom is 0.226 e. The second-order valence-electron chi connectivity index (χ2n) is 6.99. The van der Waals surface area contributed by atoms with Crippen LogP contribution in [0.3, 0.4) is 0 Å². The van der Waals surface area contributed by atoms with Gasteiger partial charge in [-0.1, -0.05) is 12.1 Å². The van der Waals surface area contributed by atoms with Crippen LogP contribution < -0.4 is 10.6 Å².